The maximum absolute atomic E-state index is 5.10. The van der Waals surface area contributed by atoms with E-state index in [1.807, 2.05) is 0 Å². The lowest BCUT2D eigenvalue weighted by Crippen LogP contribution is -2.30. The van der Waals surface area contributed by atoms with Crippen molar-refractivity contribution < 1.29 is 0 Å². The molecule has 2 N–H and O–H groups in total. The molecule has 0 spiro atoms. The van der Waals surface area contributed by atoms with Crippen LogP contribution in [0, 0.1) is 11.8 Å². The zero-order chi connectivity index (χ0) is 16.2. The third kappa shape index (κ3) is 3.79. The van der Waals surface area contributed by atoms with Crippen molar-refractivity contribution in [3.05, 3.63) is 41.6 Å². The Hall–Kier alpha value is -1.45. The van der Waals surface area contributed by atoms with Gasteiger partial charge in [0.25, 0.3) is 0 Å². The molecule has 0 amide bonds. The molecule has 3 heterocycles. The highest BCUT2D eigenvalue weighted by atomic mass is 14.9. The van der Waals surface area contributed by atoms with Crippen LogP contribution in [0.2, 0.25) is 0 Å². The first-order valence-corrected chi connectivity index (χ1v) is 9.67. The summed E-state index contributed by atoms with van der Waals surface area (Å²) < 4.78 is 0. The maximum Gasteiger partial charge on any atom is 0.0705 e. The molecular formula is C21H29N3. The van der Waals surface area contributed by atoms with Gasteiger partial charge >= 0.3 is 0 Å². The molecule has 1 aromatic heterocycles. The number of nitrogens with zero attached hydrogens (tertiary/aromatic N) is 1. The molecule has 2 aliphatic heterocycles. The van der Waals surface area contributed by atoms with Crippen LogP contribution >= 0.6 is 0 Å². The quantitative estimate of drug-likeness (QED) is 0.906. The Morgan fingerprint density at radius 1 is 0.833 bits per heavy atom. The predicted molar refractivity (Wildman–Crippen MR) is 100 cm³/mol. The van der Waals surface area contributed by atoms with Crippen molar-refractivity contribution >= 4 is 10.9 Å². The van der Waals surface area contributed by atoms with Gasteiger partial charge in [-0.3, -0.25) is 4.98 Å². The summed E-state index contributed by atoms with van der Waals surface area (Å²) in [6.45, 7) is 4.69. The van der Waals surface area contributed by atoms with Crippen molar-refractivity contribution in [2.45, 2.75) is 38.5 Å². The standard InChI is InChI=1S/C21H29N3/c1-2-4-20-18(3-1)15-19(13-16-5-9-22-10-6-16)21(24-20)14-17-7-11-23-12-8-17/h1-4,15-17,22-23H,5-14H2. The third-order valence-electron chi connectivity index (χ3n) is 5.80. The number of piperidine rings is 2. The molecule has 3 heteroatoms. The first-order valence-electron chi connectivity index (χ1n) is 9.67. The molecule has 0 bridgehead atoms. The molecule has 2 aliphatic rings. The lowest BCUT2D eigenvalue weighted by Gasteiger charge is -2.26. The van der Waals surface area contributed by atoms with Crippen molar-refractivity contribution in [2.24, 2.45) is 11.8 Å². The molecule has 3 nitrogen and oxygen atoms in total. The number of benzene rings is 1. The van der Waals surface area contributed by atoms with Gasteiger partial charge in [-0.15, -0.1) is 0 Å². The Bertz CT molecular complexity index is 611. The van der Waals surface area contributed by atoms with Gasteiger partial charge in [0, 0.05) is 11.1 Å². The van der Waals surface area contributed by atoms with E-state index in [4.69, 9.17) is 4.98 Å². The minimum absolute atomic E-state index is 0.798. The second kappa shape index (κ2) is 7.62. The average molecular weight is 323 g/mol. The molecule has 1 aromatic carbocycles. The highest BCUT2D eigenvalue weighted by molar-refractivity contribution is 5.79. The van der Waals surface area contributed by atoms with Crippen LogP contribution in [0.15, 0.2) is 30.3 Å². The largest absolute Gasteiger partial charge is 0.317 e. The molecule has 128 valence electrons. The second-order valence-corrected chi connectivity index (χ2v) is 7.58. The fraction of sp³-hybridized carbons (Fsp3) is 0.571. The summed E-state index contributed by atoms with van der Waals surface area (Å²) in [5, 5.41) is 8.27. The number of pyridine rings is 1. The summed E-state index contributed by atoms with van der Waals surface area (Å²) in [4.78, 5) is 5.10. The number of para-hydroxylation sites is 1. The fourth-order valence-corrected chi connectivity index (χ4v) is 4.31. The Labute approximate surface area is 145 Å². The molecule has 0 atom stereocenters. The van der Waals surface area contributed by atoms with E-state index in [1.165, 1.54) is 74.9 Å². The molecule has 0 saturated carbocycles. The molecule has 2 fully saturated rings. The Morgan fingerprint density at radius 3 is 2.17 bits per heavy atom. The molecule has 24 heavy (non-hydrogen) atoms. The summed E-state index contributed by atoms with van der Waals surface area (Å²) in [5.74, 6) is 1.62. The number of fused-ring (bicyclic) bond motifs is 1. The monoisotopic (exact) mass is 323 g/mol. The average Bonchev–Trinajstić information content (AvgIpc) is 2.64. The zero-order valence-corrected chi connectivity index (χ0v) is 14.6. The zero-order valence-electron chi connectivity index (χ0n) is 14.6. The third-order valence-corrected chi connectivity index (χ3v) is 5.80. The van der Waals surface area contributed by atoms with Gasteiger partial charge in [0.2, 0.25) is 0 Å². The van der Waals surface area contributed by atoms with E-state index in [0.29, 0.717) is 0 Å². The van der Waals surface area contributed by atoms with Crippen molar-refractivity contribution in [3.63, 3.8) is 0 Å². The smallest absolute Gasteiger partial charge is 0.0705 e. The van der Waals surface area contributed by atoms with Gasteiger partial charge in [-0.2, -0.15) is 0 Å². The van der Waals surface area contributed by atoms with Gasteiger partial charge in [0.05, 0.1) is 5.52 Å². The molecular weight excluding hydrogens is 294 g/mol. The van der Waals surface area contributed by atoms with E-state index in [2.05, 4.69) is 41.0 Å². The van der Waals surface area contributed by atoms with Crippen molar-refractivity contribution in [2.75, 3.05) is 26.2 Å². The molecule has 0 aliphatic carbocycles. The second-order valence-electron chi connectivity index (χ2n) is 7.58. The predicted octanol–water partition coefficient (Wildman–Crippen LogP) is 3.32. The van der Waals surface area contributed by atoms with E-state index in [0.717, 1.165) is 23.8 Å². The van der Waals surface area contributed by atoms with E-state index in [9.17, 15) is 0 Å². The number of rotatable bonds is 4. The lowest BCUT2D eigenvalue weighted by molar-refractivity contribution is 0.360. The molecule has 0 radical (unpaired) electrons. The van der Waals surface area contributed by atoms with Crippen LogP contribution in [0.1, 0.15) is 36.9 Å². The van der Waals surface area contributed by atoms with Crippen LogP contribution < -0.4 is 10.6 Å². The van der Waals surface area contributed by atoms with E-state index in [-0.39, 0.29) is 0 Å². The number of nitrogens with one attached hydrogen (secondary N) is 2. The Morgan fingerprint density at radius 2 is 1.46 bits per heavy atom. The summed E-state index contributed by atoms with van der Waals surface area (Å²) >= 11 is 0. The van der Waals surface area contributed by atoms with Gasteiger partial charge in [0.1, 0.15) is 0 Å². The first kappa shape index (κ1) is 16.0. The maximum atomic E-state index is 5.10. The molecule has 0 unspecified atom stereocenters. The van der Waals surface area contributed by atoms with Crippen molar-refractivity contribution in [3.8, 4) is 0 Å². The highest BCUT2D eigenvalue weighted by Crippen LogP contribution is 2.26. The summed E-state index contributed by atoms with van der Waals surface area (Å²) in [5.41, 5.74) is 4.05. The first-order chi connectivity index (χ1) is 11.9. The van der Waals surface area contributed by atoms with Gasteiger partial charge in [-0.1, -0.05) is 18.2 Å². The Balaban J connectivity index is 1.61. The highest BCUT2D eigenvalue weighted by Gasteiger charge is 2.20. The van der Waals surface area contributed by atoms with Crippen LogP contribution in [0.25, 0.3) is 10.9 Å². The van der Waals surface area contributed by atoms with Crippen LogP contribution in [-0.4, -0.2) is 31.2 Å². The van der Waals surface area contributed by atoms with Gasteiger partial charge in [0.15, 0.2) is 0 Å². The minimum atomic E-state index is 0.798. The van der Waals surface area contributed by atoms with Gasteiger partial charge in [-0.05, 0) is 94.2 Å². The van der Waals surface area contributed by atoms with E-state index in [1.54, 1.807) is 0 Å². The van der Waals surface area contributed by atoms with E-state index >= 15 is 0 Å². The van der Waals surface area contributed by atoms with Crippen LogP contribution in [0.5, 0.6) is 0 Å². The molecule has 2 saturated heterocycles. The summed E-state index contributed by atoms with van der Waals surface area (Å²) in [6.07, 6.45) is 7.56. The van der Waals surface area contributed by atoms with Crippen molar-refractivity contribution in [1.82, 2.24) is 15.6 Å². The van der Waals surface area contributed by atoms with Crippen LogP contribution in [0.4, 0.5) is 0 Å². The van der Waals surface area contributed by atoms with E-state index < -0.39 is 0 Å². The number of hydrogen-bond acceptors (Lipinski definition) is 3. The summed E-state index contributed by atoms with van der Waals surface area (Å²) in [7, 11) is 0. The fourth-order valence-electron chi connectivity index (χ4n) is 4.31. The lowest BCUT2D eigenvalue weighted by atomic mass is 9.86. The number of aromatic nitrogens is 1. The molecule has 4 rings (SSSR count). The van der Waals surface area contributed by atoms with Gasteiger partial charge in [-0.25, -0.2) is 0 Å². The topological polar surface area (TPSA) is 37.0 Å². The number of hydrogen-bond donors (Lipinski definition) is 2. The molecule has 2 aromatic rings. The van der Waals surface area contributed by atoms with Crippen molar-refractivity contribution in [1.29, 1.82) is 0 Å². The minimum Gasteiger partial charge on any atom is -0.317 e. The summed E-state index contributed by atoms with van der Waals surface area (Å²) in [6, 6.07) is 11.0. The normalized spacial score (nSPS) is 20.5. The van der Waals surface area contributed by atoms with Crippen LogP contribution in [0.3, 0.4) is 0 Å². The Kier molecular flexibility index (Phi) is 5.10. The van der Waals surface area contributed by atoms with Gasteiger partial charge < -0.3 is 10.6 Å². The van der Waals surface area contributed by atoms with Crippen LogP contribution in [-0.2, 0) is 12.8 Å². The SMILES string of the molecule is c1ccc2nc(CC3CCNCC3)c(CC3CCNCC3)cc2c1.